The first-order chi connectivity index (χ1) is 13.9. The molecule has 6 heteroatoms. The molecule has 1 fully saturated rings. The average molecular weight is 398 g/mol. The van der Waals surface area contributed by atoms with Gasteiger partial charge in [-0.15, -0.1) is 0 Å². The van der Waals surface area contributed by atoms with Crippen LogP contribution in [-0.2, 0) is 12.7 Å². The lowest BCUT2D eigenvalue weighted by molar-refractivity contribution is -0.137. The van der Waals surface area contributed by atoms with Gasteiger partial charge in [-0.25, -0.2) is 0 Å². The van der Waals surface area contributed by atoms with Gasteiger partial charge in [0.25, 0.3) is 0 Å². The summed E-state index contributed by atoms with van der Waals surface area (Å²) in [6.45, 7) is 2.12. The summed E-state index contributed by atoms with van der Waals surface area (Å²) in [4.78, 5) is 19.3. The van der Waals surface area contributed by atoms with E-state index in [2.05, 4.69) is 16.0 Å². The van der Waals surface area contributed by atoms with Gasteiger partial charge < -0.3 is 0 Å². The Balaban J connectivity index is 1.50. The fourth-order valence-corrected chi connectivity index (χ4v) is 4.07. The van der Waals surface area contributed by atoms with E-state index in [1.54, 1.807) is 6.20 Å². The minimum atomic E-state index is -4.45. The number of Topliss-reactive ketones (excluding diaryl/α,β-unsaturated/α-hetero) is 1. The quantitative estimate of drug-likeness (QED) is 0.556. The second-order valence-corrected chi connectivity index (χ2v) is 7.53. The van der Waals surface area contributed by atoms with Gasteiger partial charge >= 0.3 is 6.18 Å². The van der Waals surface area contributed by atoms with Crippen LogP contribution in [0.3, 0.4) is 0 Å². The topological polar surface area (TPSA) is 33.2 Å². The molecule has 1 saturated heterocycles. The molecule has 4 rings (SSSR count). The molecule has 1 aliphatic rings. The number of nitrogens with zero attached hydrogens (tertiary/aromatic N) is 2. The number of rotatable bonds is 4. The highest BCUT2D eigenvalue weighted by molar-refractivity contribution is 5.98. The van der Waals surface area contributed by atoms with Crippen LogP contribution in [0.2, 0.25) is 0 Å². The van der Waals surface area contributed by atoms with Gasteiger partial charge in [0.2, 0.25) is 0 Å². The molecule has 3 aromatic rings. The lowest BCUT2D eigenvalue weighted by atomic mass is 9.89. The lowest BCUT2D eigenvalue weighted by Gasteiger charge is -2.32. The third kappa shape index (κ3) is 4.32. The number of halogens is 3. The predicted octanol–water partition coefficient (Wildman–Crippen LogP) is 5.35. The molecule has 0 saturated carbocycles. The monoisotopic (exact) mass is 398 g/mol. The maximum Gasteiger partial charge on any atom is 0.416 e. The number of fused-ring (bicyclic) bond motifs is 1. The first-order valence-electron chi connectivity index (χ1n) is 9.67. The van der Waals surface area contributed by atoms with Crippen molar-refractivity contribution in [1.29, 1.82) is 0 Å². The third-order valence-electron chi connectivity index (χ3n) is 5.52. The van der Waals surface area contributed by atoms with Crippen LogP contribution in [0.5, 0.6) is 0 Å². The Bertz CT molecular complexity index is 1030. The Kier molecular flexibility index (Phi) is 5.37. The van der Waals surface area contributed by atoms with Gasteiger partial charge in [0.1, 0.15) is 0 Å². The van der Waals surface area contributed by atoms with Gasteiger partial charge in [-0.2, -0.15) is 13.2 Å². The van der Waals surface area contributed by atoms with Gasteiger partial charge in [-0.1, -0.05) is 30.3 Å². The zero-order valence-electron chi connectivity index (χ0n) is 15.8. The van der Waals surface area contributed by atoms with Crippen molar-refractivity contribution in [1.82, 2.24) is 9.88 Å². The number of aromatic nitrogens is 1. The second kappa shape index (κ2) is 7.95. The average Bonchev–Trinajstić information content (AvgIpc) is 2.73. The fourth-order valence-electron chi connectivity index (χ4n) is 4.07. The van der Waals surface area contributed by atoms with E-state index in [-0.39, 0.29) is 17.3 Å². The molecule has 1 unspecified atom stereocenters. The van der Waals surface area contributed by atoms with E-state index in [0.29, 0.717) is 19.5 Å². The van der Waals surface area contributed by atoms with Crippen LogP contribution in [0.1, 0.15) is 34.3 Å². The third-order valence-corrected chi connectivity index (χ3v) is 5.52. The van der Waals surface area contributed by atoms with Crippen molar-refractivity contribution in [2.45, 2.75) is 25.6 Å². The van der Waals surface area contributed by atoms with Gasteiger partial charge in [-0.05, 0) is 48.5 Å². The highest BCUT2D eigenvalue weighted by Crippen LogP contribution is 2.31. The maximum absolute atomic E-state index is 13.0. The molecular weight excluding hydrogens is 377 g/mol. The minimum Gasteiger partial charge on any atom is -0.298 e. The Morgan fingerprint density at radius 1 is 1.14 bits per heavy atom. The SMILES string of the molecule is O=C(c1cccc(C(F)(F)F)c1)C1CCCN(Cc2cccc3cnccc23)C1. The Labute approximate surface area is 167 Å². The summed E-state index contributed by atoms with van der Waals surface area (Å²) in [5.74, 6) is -0.494. The Morgan fingerprint density at radius 2 is 1.97 bits per heavy atom. The molecule has 0 N–H and O–H groups in total. The van der Waals surface area contributed by atoms with Crippen molar-refractivity contribution in [3.63, 3.8) is 0 Å². The smallest absolute Gasteiger partial charge is 0.298 e. The maximum atomic E-state index is 13.0. The number of pyridine rings is 1. The van der Waals surface area contributed by atoms with Gasteiger partial charge in [0.15, 0.2) is 5.78 Å². The molecule has 1 aliphatic heterocycles. The summed E-state index contributed by atoms with van der Waals surface area (Å²) in [6, 6.07) is 12.8. The van der Waals surface area contributed by atoms with Crippen LogP contribution in [0.4, 0.5) is 13.2 Å². The molecule has 29 heavy (non-hydrogen) atoms. The highest BCUT2D eigenvalue weighted by Gasteiger charge is 2.32. The first-order valence-corrected chi connectivity index (χ1v) is 9.67. The van der Waals surface area contributed by atoms with Gasteiger partial charge in [-0.3, -0.25) is 14.7 Å². The Hall–Kier alpha value is -2.73. The lowest BCUT2D eigenvalue weighted by Crippen LogP contribution is -2.38. The zero-order chi connectivity index (χ0) is 20.4. The van der Waals surface area contributed by atoms with Crippen LogP contribution in [-0.4, -0.2) is 28.8 Å². The molecule has 150 valence electrons. The molecule has 0 bridgehead atoms. The highest BCUT2D eigenvalue weighted by atomic mass is 19.4. The summed E-state index contributed by atoms with van der Waals surface area (Å²) < 4.78 is 38.9. The van der Waals surface area contributed by atoms with Crippen LogP contribution in [0.15, 0.2) is 60.9 Å². The largest absolute Gasteiger partial charge is 0.416 e. The number of alkyl halides is 3. The number of carbonyl (C=O) groups excluding carboxylic acids is 1. The number of piperidine rings is 1. The summed E-state index contributed by atoms with van der Waals surface area (Å²) in [6.07, 6.45) is 0.696. The predicted molar refractivity (Wildman–Crippen MR) is 106 cm³/mol. The van der Waals surface area contributed by atoms with E-state index in [1.165, 1.54) is 12.1 Å². The zero-order valence-corrected chi connectivity index (χ0v) is 15.8. The summed E-state index contributed by atoms with van der Waals surface area (Å²) in [7, 11) is 0. The summed E-state index contributed by atoms with van der Waals surface area (Å²) >= 11 is 0. The summed E-state index contributed by atoms with van der Waals surface area (Å²) in [5, 5.41) is 2.20. The van der Waals surface area contributed by atoms with E-state index in [4.69, 9.17) is 0 Å². The molecule has 1 aromatic heterocycles. The van der Waals surface area contributed by atoms with Gasteiger partial charge in [0.05, 0.1) is 5.56 Å². The number of likely N-dealkylation sites (tertiary alicyclic amines) is 1. The standard InChI is InChI=1S/C23H21F3N2O/c24-23(25,26)20-8-2-4-16(12-20)22(29)19-7-3-11-28(15-19)14-18-6-1-5-17-13-27-10-9-21(17)18/h1-2,4-6,8-10,12-13,19H,3,7,11,14-15H2. The Morgan fingerprint density at radius 3 is 2.79 bits per heavy atom. The normalized spacial score (nSPS) is 18.1. The van der Waals surface area contributed by atoms with Crippen LogP contribution < -0.4 is 0 Å². The van der Waals surface area contributed by atoms with Crippen LogP contribution >= 0.6 is 0 Å². The van der Waals surface area contributed by atoms with Crippen molar-refractivity contribution >= 4 is 16.6 Å². The van der Waals surface area contributed by atoms with E-state index in [1.807, 2.05) is 24.4 Å². The van der Waals surface area contributed by atoms with Crippen molar-refractivity contribution in [2.75, 3.05) is 13.1 Å². The van der Waals surface area contributed by atoms with Crippen LogP contribution in [0, 0.1) is 5.92 Å². The molecule has 0 amide bonds. The molecular formula is C23H21F3N2O. The number of hydrogen-bond donors (Lipinski definition) is 0. The molecule has 0 aliphatic carbocycles. The second-order valence-electron chi connectivity index (χ2n) is 7.53. The van der Waals surface area contributed by atoms with Gasteiger partial charge in [0, 0.05) is 42.4 Å². The van der Waals surface area contributed by atoms with E-state index >= 15 is 0 Å². The number of hydrogen-bond acceptors (Lipinski definition) is 3. The van der Waals surface area contributed by atoms with Crippen molar-refractivity contribution < 1.29 is 18.0 Å². The molecule has 3 nitrogen and oxygen atoms in total. The van der Waals surface area contributed by atoms with E-state index < -0.39 is 11.7 Å². The van der Waals surface area contributed by atoms with Crippen LogP contribution in [0.25, 0.3) is 10.8 Å². The van der Waals surface area contributed by atoms with E-state index in [0.717, 1.165) is 41.4 Å². The van der Waals surface area contributed by atoms with Crippen molar-refractivity contribution in [3.05, 3.63) is 77.6 Å². The van der Waals surface area contributed by atoms with Crippen molar-refractivity contribution in [3.8, 4) is 0 Å². The first kappa shape index (κ1) is 19.6. The molecule has 0 spiro atoms. The minimum absolute atomic E-state index is 0.142. The van der Waals surface area contributed by atoms with Crippen molar-refractivity contribution in [2.24, 2.45) is 5.92 Å². The molecule has 2 aromatic carbocycles. The fraction of sp³-hybridized carbons (Fsp3) is 0.304. The number of carbonyl (C=O) groups is 1. The molecule has 1 atom stereocenters. The number of benzene rings is 2. The summed E-state index contributed by atoms with van der Waals surface area (Å²) in [5.41, 5.74) is 0.528. The molecule has 2 heterocycles. The van der Waals surface area contributed by atoms with E-state index in [9.17, 15) is 18.0 Å². The number of ketones is 1. The molecule has 0 radical (unpaired) electrons.